The van der Waals surface area contributed by atoms with E-state index in [2.05, 4.69) is 27.4 Å². The molecule has 2 N–H and O–H groups in total. The van der Waals surface area contributed by atoms with E-state index in [9.17, 15) is 4.79 Å². The Labute approximate surface area is 132 Å². The van der Waals surface area contributed by atoms with Crippen LogP contribution in [0.5, 0.6) is 0 Å². The molecular weight excluding hydrogens is 294 g/mol. The molecular formula is C17H15N3OS. The molecule has 2 aromatic carbocycles. The van der Waals surface area contributed by atoms with Crippen LogP contribution in [0.2, 0.25) is 0 Å². The number of H-pyrrole nitrogens is 1. The molecule has 22 heavy (non-hydrogen) atoms. The van der Waals surface area contributed by atoms with Crippen molar-refractivity contribution < 1.29 is 4.79 Å². The average molecular weight is 309 g/mol. The molecule has 0 fully saturated rings. The lowest BCUT2D eigenvalue weighted by atomic mass is 10.0. The Morgan fingerprint density at radius 2 is 2.18 bits per heavy atom. The summed E-state index contributed by atoms with van der Waals surface area (Å²) in [6.45, 7) is 0. The topological polar surface area (TPSA) is 57.8 Å². The first-order valence-corrected chi connectivity index (χ1v) is 8.25. The molecule has 0 aliphatic carbocycles. The normalized spacial score (nSPS) is 17.2. The first-order chi connectivity index (χ1) is 10.8. The zero-order valence-corrected chi connectivity index (χ0v) is 12.7. The number of rotatable bonds is 2. The number of fused-ring (bicyclic) bond motifs is 2. The second-order valence-electron chi connectivity index (χ2n) is 5.34. The van der Waals surface area contributed by atoms with Gasteiger partial charge in [0.25, 0.3) is 5.91 Å². The number of nitrogens with zero attached hydrogens (tertiary/aromatic N) is 1. The fourth-order valence-corrected chi connectivity index (χ4v) is 3.94. The Morgan fingerprint density at radius 1 is 1.27 bits per heavy atom. The molecule has 5 heteroatoms. The number of benzene rings is 2. The molecule has 0 bridgehead atoms. The van der Waals surface area contributed by atoms with Crippen molar-refractivity contribution in [3.63, 3.8) is 0 Å². The lowest BCUT2D eigenvalue weighted by Gasteiger charge is -2.25. The highest BCUT2D eigenvalue weighted by Crippen LogP contribution is 2.35. The number of carbonyl (C=O) groups excluding carboxylic acids is 1. The summed E-state index contributed by atoms with van der Waals surface area (Å²) < 4.78 is 0. The maximum Gasteiger partial charge on any atom is 0.251 e. The zero-order valence-electron chi connectivity index (χ0n) is 11.9. The quantitative estimate of drug-likeness (QED) is 0.761. The number of thioether (sulfide) groups is 1. The SMILES string of the molecule is O=C(N[C@@H]1CCSc2ccccc21)c1ccc2nc[nH]c2c1. The molecule has 1 atom stereocenters. The molecule has 4 nitrogen and oxygen atoms in total. The van der Waals surface area contributed by atoms with Gasteiger partial charge in [-0.2, -0.15) is 0 Å². The van der Waals surface area contributed by atoms with Gasteiger partial charge in [-0.1, -0.05) is 18.2 Å². The van der Waals surface area contributed by atoms with E-state index in [1.807, 2.05) is 42.1 Å². The van der Waals surface area contributed by atoms with Gasteiger partial charge in [0.15, 0.2) is 0 Å². The zero-order chi connectivity index (χ0) is 14.9. The molecule has 0 saturated carbocycles. The molecule has 0 spiro atoms. The summed E-state index contributed by atoms with van der Waals surface area (Å²) in [6.07, 6.45) is 2.60. The van der Waals surface area contributed by atoms with Gasteiger partial charge < -0.3 is 10.3 Å². The van der Waals surface area contributed by atoms with Crippen LogP contribution >= 0.6 is 11.8 Å². The Balaban J connectivity index is 1.59. The Morgan fingerprint density at radius 3 is 3.14 bits per heavy atom. The third-order valence-electron chi connectivity index (χ3n) is 3.95. The summed E-state index contributed by atoms with van der Waals surface area (Å²) in [6, 6.07) is 13.9. The molecule has 1 aliphatic rings. The number of aromatic amines is 1. The predicted octanol–water partition coefficient (Wildman–Crippen LogP) is 3.53. The van der Waals surface area contributed by atoms with Crippen LogP contribution in [0, 0.1) is 0 Å². The van der Waals surface area contributed by atoms with Crippen LogP contribution in [0.1, 0.15) is 28.4 Å². The van der Waals surface area contributed by atoms with Gasteiger partial charge in [0.1, 0.15) is 0 Å². The highest BCUT2D eigenvalue weighted by atomic mass is 32.2. The van der Waals surface area contributed by atoms with Crippen molar-refractivity contribution in [3.8, 4) is 0 Å². The van der Waals surface area contributed by atoms with E-state index in [0.717, 1.165) is 23.2 Å². The van der Waals surface area contributed by atoms with Crippen LogP contribution in [0.25, 0.3) is 11.0 Å². The molecule has 110 valence electrons. The number of carbonyl (C=O) groups is 1. The summed E-state index contributed by atoms with van der Waals surface area (Å²) in [5.41, 5.74) is 3.63. The van der Waals surface area contributed by atoms with Crippen LogP contribution in [0.3, 0.4) is 0 Å². The van der Waals surface area contributed by atoms with Gasteiger partial charge in [-0.15, -0.1) is 11.8 Å². The predicted molar refractivity (Wildman–Crippen MR) is 88.1 cm³/mol. The summed E-state index contributed by atoms with van der Waals surface area (Å²) >= 11 is 1.85. The maximum atomic E-state index is 12.5. The number of aromatic nitrogens is 2. The minimum absolute atomic E-state index is 0.0387. The fraction of sp³-hybridized carbons (Fsp3) is 0.176. The second-order valence-corrected chi connectivity index (χ2v) is 6.47. The van der Waals surface area contributed by atoms with Crippen LogP contribution in [-0.2, 0) is 0 Å². The Hall–Kier alpha value is -2.27. The minimum Gasteiger partial charge on any atom is -0.345 e. The largest absolute Gasteiger partial charge is 0.345 e. The summed E-state index contributed by atoms with van der Waals surface area (Å²) in [5.74, 6) is 0.991. The lowest BCUT2D eigenvalue weighted by Crippen LogP contribution is -2.30. The van der Waals surface area contributed by atoms with Crippen molar-refractivity contribution in [3.05, 3.63) is 59.9 Å². The van der Waals surface area contributed by atoms with E-state index in [4.69, 9.17) is 0 Å². The first-order valence-electron chi connectivity index (χ1n) is 7.27. The van der Waals surface area contributed by atoms with E-state index in [-0.39, 0.29) is 11.9 Å². The van der Waals surface area contributed by atoms with Crippen molar-refractivity contribution >= 4 is 28.7 Å². The lowest BCUT2D eigenvalue weighted by molar-refractivity contribution is 0.0935. The van der Waals surface area contributed by atoms with Gasteiger partial charge in [0, 0.05) is 16.2 Å². The third kappa shape index (κ3) is 2.37. The van der Waals surface area contributed by atoms with E-state index in [0.29, 0.717) is 5.56 Å². The van der Waals surface area contributed by atoms with Crippen molar-refractivity contribution in [1.29, 1.82) is 0 Å². The van der Waals surface area contributed by atoms with E-state index in [1.54, 1.807) is 6.33 Å². The molecule has 1 amide bonds. The third-order valence-corrected chi connectivity index (χ3v) is 5.07. The number of hydrogen-bond donors (Lipinski definition) is 2. The Kier molecular flexibility index (Phi) is 3.35. The number of imidazole rings is 1. The molecule has 0 unspecified atom stereocenters. The van der Waals surface area contributed by atoms with E-state index in [1.165, 1.54) is 10.5 Å². The van der Waals surface area contributed by atoms with Crippen molar-refractivity contribution in [2.45, 2.75) is 17.4 Å². The van der Waals surface area contributed by atoms with Crippen LogP contribution in [-0.4, -0.2) is 21.6 Å². The summed E-state index contributed by atoms with van der Waals surface area (Å²) in [4.78, 5) is 21.0. The molecule has 0 radical (unpaired) electrons. The maximum absolute atomic E-state index is 12.5. The molecule has 0 saturated heterocycles. The molecule has 2 heterocycles. The highest BCUT2D eigenvalue weighted by Gasteiger charge is 2.22. The van der Waals surface area contributed by atoms with Crippen molar-refractivity contribution in [2.24, 2.45) is 0 Å². The molecule has 1 aliphatic heterocycles. The standard InChI is InChI=1S/C17H15N3OS/c21-17(11-5-6-14-15(9-11)19-10-18-14)20-13-7-8-22-16-4-2-1-3-12(13)16/h1-6,9-10,13H,7-8H2,(H,18,19)(H,20,21)/t13-/m1/s1. The van der Waals surface area contributed by atoms with Gasteiger partial charge >= 0.3 is 0 Å². The second kappa shape index (κ2) is 5.50. The number of hydrogen-bond acceptors (Lipinski definition) is 3. The van der Waals surface area contributed by atoms with Gasteiger partial charge in [-0.25, -0.2) is 4.98 Å². The van der Waals surface area contributed by atoms with Crippen LogP contribution in [0.15, 0.2) is 53.7 Å². The minimum atomic E-state index is -0.0387. The number of amides is 1. The van der Waals surface area contributed by atoms with Crippen molar-refractivity contribution in [1.82, 2.24) is 15.3 Å². The highest BCUT2D eigenvalue weighted by molar-refractivity contribution is 7.99. The van der Waals surface area contributed by atoms with Gasteiger partial charge in [-0.3, -0.25) is 4.79 Å². The Bertz CT molecular complexity index is 843. The molecule has 3 aromatic rings. The monoisotopic (exact) mass is 309 g/mol. The van der Waals surface area contributed by atoms with E-state index >= 15 is 0 Å². The fourth-order valence-electron chi connectivity index (χ4n) is 2.81. The van der Waals surface area contributed by atoms with Crippen molar-refractivity contribution in [2.75, 3.05) is 5.75 Å². The molecule has 1 aromatic heterocycles. The smallest absolute Gasteiger partial charge is 0.251 e. The average Bonchev–Trinajstić information content (AvgIpc) is 3.02. The number of nitrogens with one attached hydrogen (secondary N) is 2. The van der Waals surface area contributed by atoms with E-state index < -0.39 is 0 Å². The summed E-state index contributed by atoms with van der Waals surface area (Å²) in [7, 11) is 0. The van der Waals surface area contributed by atoms with Gasteiger partial charge in [0.05, 0.1) is 23.4 Å². The first kappa shape index (κ1) is 13.4. The van der Waals surface area contributed by atoms with Crippen LogP contribution in [0.4, 0.5) is 0 Å². The van der Waals surface area contributed by atoms with Gasteiger partial charge in [0.2, 0.25) is 0 Å². The summed E-state index contributed by atoms with van der Waals surface area (Å²) in [5, 5.41) is 3.16. The van der Waals surface area contributed by atoms with Crippen LogP contribution < -0.4 is 5.32 Å². The van der Waals surface area contributed by atoms with Gasteiger partial charge in [-0.05, 0) is 36.2 Å². The molecule has 4 rings (SSSR count).